The van der Waals surface area contributed by atoms with Crippen LogP contribution in [0.5, 0.6) is 11.5 Å². The number of phenolic OH excluding ortho intramolecular Hbond substituents is 1. The first-order valence-electron chi connectivity index (χ1n) is 13.0. The third-order valence-corrected chi connectivity index (χ3v) is 8.60. The SMILES string of the molecule is COc1cc(-c2ccc3ncc(C(C)=O)c(NC4CCC(N(C)C(=O)O)(C(C)(C)C)CC4)c3c2)cc(Cl)c1O. The van der Waals surface area contributed by atoms with Crippen LogP contribution in [0.1, 0.15) is 63.7 Å². The minimum atomic E-state index is -0.922. The van der Waals surface area contributed by atoms with Gasteiger partial charge in [-0.15, -0.1) is 0 Å². The van der Waals surface area contributed by atoms with Crippen LogP contribution >= 0.6 is 11.6 Å². The van der Waals surface area contributed by atoms with Crippen LogP contribution in [0.4, 0.5) is 10.5 Å². The Balaban J connectivity index is 1.73. The minimum Gasteiger partial charge on any atom is -0.503 e. The van der Waals surface area contributed by atoms with Crippen LogP contribution in [0.25, 0.3) is 22.0 Å². The van der Waals surface area contributed by atoms with Gasteiger partial charge in [0, 0.05) is 24.7 Å². The third kappa shape index (κ3) is 5.22. The molecular formula is C30H36ClN3O5. The zero-order valence-corrected chi connectivity index (χ0v) is 24.0. The second-order valence-corrected chi connectivity index (χ2v) is 11.8. The zero-order valence-electron chi connectivity index (χ0n) is 23.3. The maximum absolute atomic E-state index is 12.7. The highest BCUT2D eigenvalue weighted by Gasteiger charge is 2.49. The number of ether oxygens (including phenoxy) is 1. The van der Waals surface area contributed by atoms with E-state index in [2.05, 4.69) is 31.1 Å². The van der Waals surface area contributed by atoms with Crippen LogP contribution in [-0.2, 0) is 0 Å². The van der Waals surface area contributed by atoms with Gasteiger partial charge in [-0.2, -0.15) is 0 Å². The molecule has 3 aromatic rings. The van der Waals surface area contributed by atoms with E-state index in [1.807, 2.05) is 18.2 Å². The number of rotatable bonds is 6. The molecule has 0 radical (unpaired) electrons. The third-order valence-electron chi connectivity index (χ3n) is 8.32. The molecule has 0 unspecified atom stereocenters. The highest BCUT2D eigenvalue weighted by atomic mass is 35.5. The Morgan fingerprint density at radius 3 is 2.38 bits per heavy atom. The summed E-state index contributed by atoms with van der Waals surface area (Å²) >= 11 is 6.25. The number of nitrogens with one attached hydrogen (secondary N) is 1. The average Bonchev–Trinajstić information content (AvgIpc) is 2.89. The van der Waals surface area contributed by atoms with Gasteiger partial charge in [0.25, 0.3) is 0 Å². The Morgan fingerprint density at radius 1 is 1.15 bits per heavy atom. The highest BCUT2D eigenvalue weighted by Crippen LogP contribution is 2.47. The van der Waals surface area contributed by atoms with Crippen molar-refractivity contribution < 1.29 is 24.5 Å². The summed E-state index contributed by atoms with van der Waals surface area (Å²) in [6.07, 6.45) is 3.59. The van der Waals surface area contributed by atoms with Crippen molar-refractivity contribution in [1.82, 2.24) is 9.88 Å². The number of pyridine rings is 1. The number of anilines is 1. The first-order valence-corrected chi connectivity index (χ1v) is 13.4. The van der Waals surface area contributed by atoms with Gasteiger partial charge in [-0.3, -0.25) is 9.78 Å². The number of amides is 1. The van der Waals surface area contributed by atoms with Gasteiger partial charge in [0.2, 0.25) is 0 Å². The molecular weight excluding hydrogens is 518 g/mol. The Hall–Kier alpha value is -3.52. The van der Waals surface area contributed by atoms with Crippen molar-refractivity contribution in [2.24, 2.45) is 5.41 Å². The Kier molecular flexibility index (Phi) is 7.72. The van der Waals surface area contributed by atoms with Crippen molar-refractivity contribution in [2.75, 3.05) is 19.5 Å². The minimum absolute atomic E-state index is 0.0539. The van der Waals surface area contributed by atoms with E-state index in [-0.39, 0.29) is 33.8 Å². The van der Waals surface area contributed by atoms with E-state index in [1.54, 1.807) is 25.4 Å². The Morgan fingerprint density at radius 2 is 1.82 bits per heavy atom. The van der Waals surface area contributed by atoms with Gasteiger partial charge in [-0.25, -0.2) is 4.79 Å². The second kappa shape index (κ2) is 10.6. The molecule has 1 aliphatic carbocycles. The number of ketones is 1. The van der Waals surface area contributed by atoms with Crippen LogP contribution in [0.3, 0.4) is 0 Å². The molecule has 0 spiro atoms. The van der Waals surface area contributed by atoms with E-state index in [1.165, 1.54) is 18.9 Å². The van der Waals surface area contributed by atoms with Crippen molar-refractivity contribution >= 4 is 40.1 Å². The van der Waals surface area contributed by atoms with Crippen LogP contribution in [0.2, 0.25) is 5.02 Å². The number of nitrogens with zero attached hydrogens (tertiary/aromatic N) is 2. The molecule has 3 N–H and O–H groups in total. The van der Waals surface area contributed by atoms with E-state index in [0.29, 0.717) is 24.1 Å². The number of hydrogen-bond donors (Lipinski definition) is 3. The number of aromatic nitrogens is 1. The van der Waals surface area contributed by atoms with E-state index < -0.39 is 11.6 Å². The normalized spacial score (nSPS) is 19.5. The molecule has 8 nitrogen and oxygen atoms in total. The molecule has 208 valence electrons. The van der Waals surface area contributed by atoms with Crippen molar-refractivity contribution in [3.05, 3.63) is 47.1 Å². The summed E-state index contributed by atoms with van der Waals surface area (Å²) in [5.74, 6) is 0.0447. The fourth-order valence-corrected chi connectivity index (χ4v) is 6.12. The first kappa shape index (κ1) is 28.5. The van der Waals surface area contributed by atoms with Gasteiger partial charge in [-0.05, 0) is 73.4 Å². The Labute approximate surface area is 233 Å². The predicted molar refractivity (Wildman–Crippen MR) is 154 cm³/mol. The number of halogens is 1. The number of hydrogen-bond acceptors (Lipinski definition) is 6. The largest absolute Gasteiger partial charge is 0.503 e. The molecule has 1 aliphatic rings. The molecule has 1 aromatic heterocycles. The van der Waals surface area contributed by atoms with Gasteiger partial charge in [-0.1, -0.05) is 38.4 Å². The van der Waals surface area contributed by atoms with Crippen molar-refractivity contribution in [3.63, 3.8) is 0 Å². The molecule has 0 atom stereocenters. The van der Waals surface area contributed by atoms with Crippen molar-refractivity contribution in [2.45, 2.75) is 65.0 Å². The number of carboxylic acid groups (broad SMARTS) is 1. The topological polar surface area (TPSA) is 112 Å². The summed E-state index contributed by atoms with van der Waals surface area (Å²) < 4.78 is 5.28. The van der Waals surface area contributed by atoms with E-state index in [0.717, 1.165) is 34.9 Å². The van der Waals surface area contributed by atoms with Gasteiger partial charge in [0.15, 0.2) is 17.3 Å². The fourth-order valence-electron chi connectivity index (χ4n) is 5.91. The molecule has 9 heteroatoms. The number of carbonyl (C=O) groups is 2. The van der Waals surface area contributed by atoms with Crippen LogP contribution < -0.4 is 10.1 Å². The number of benzene rings is 2. The summed E-state index contributed by atoms with van der Waals surface area (Å²) in [6, 6.07) is 9.19. The van der Waals surface area contributed by atoms with Gasteiger partial charge < -0.3 is 25.2 Å². The number of fused-ring (bicyclic) bond motifs is 1. The summed E-state index contributed by atoms with van der Waals surface area (Å²) in [7, 11) is 3.13. The molecule has 1 fully saturated rings. The lowest BCUT2D eigenvalue weighted by atomic mass is 9.64. The molecule has 2 aromatic carbocycles. The lowest BCUT2D eigenvalue weighted by Crippen LogP contribution is -2.59. The van der Waals surface area contributed by atoms with Gasteiger partial charge in [0.05, 0.1) is 34.4 Å². The smallest absolute Gasteiger partial charge is 0.407 e. The lowest BCUT2D eigenvalue weighted by Gasteiger charge is -2.53. The molecule has 0 saturated heterocycles. The fraction of sp³-hybridized carbons (Fsp3) is 0.433. The van der Waals surface area contributed by atoms with Crippen molar-refractivity contribution in [1.29, 1.82) is 0 Å². The molecule has 39 heavy (non-hydrogen) atoms. The number of phenols is 1. The maximum atomic E-state index is 12.7. The van der Waals surface area contributed by atoms with Crippen LogP contribution in [-0.4, -0.2) is 57.7 Å². The monoisotopic (exact) mass is 553 g/mol. The number of aromatic hydroxyl groups is 1. The number of carbonyl (C=O) groups excluding carboxylic acids is 1. The van der Waals surface area contributed by atoms with E-state index >= 15 is 0 Å². The quantitative estimate of drug-likeness (QED) is 0.276. The lowest BCUT2D eigenvalue weighted by molar-refractivity contribution is -0.0121. The van der Waals surface area contributed by atoms with Gasteiger partial charge >= 0.3 is 6.09 Å². The molecule has 1 saturated carbocycles. The zero-order chi connectivity index (χ0) is 28.7. The second-order valence-electron chi connectivity index (χ2n) is 11.4. The average molecular weight is 554 g/mol. The number of Topliss-reactive ketones (excluding diaryl/α,β-unsaturated/α-hetero) is 1. The highest BCUT2D eigenvalue weighted by molar-refractivity contribution is 6.32. The van der Waals surface area contributed by atoms with E-state index in [9.17, 15) is 19.8 Å². The molecule has 0 bridgehead atoms. The van der Waals surface area contributed by atoms with E-state index in [4.69, 9.17) is 16.3 Å². The van der Waals surface area contributed by atoms with Crippen molar-refractivity contribution in [3.8, 4) is 22.6 Å². The summed E-state index contributed by atoms with van der Waals surface area (Å²) in [5.41, 5.74) is 2.80. The molecule has 1 amide bonds. The number of methoxy groups -OCH3 is 1. The van der Waals surface area contributed by atoms with Crippen LogP contribution in [0, 0.1) is 5.41 Å². The van der Waals surface area contributed by atoms with Gasteiger partial charge in [0.1, 0.15) is 0 Å². The standard InChI is InChI=1S/C30H36ClN3O5/c1-17(35)22-16-32-24-8-7-18(19-14-23(31)27(36)25(15-19)39-6)13-21(24)26(22)33-20-9-11-30(12-10-20,29(2,3)4)34(5)28(37)38/h7-8,13-16,20,36H,9-12H2,1-6H3,(H,32,33)(H,37,38). The first-order chi connectivity index (χ1) is 18.3. The molecule has 4 rings (SSSR count). The summed E-state index contributed by atoms with van der Waals surface area (Å²) in [6.45, 7) is 7.80. The maximum Gasteiger partial charge on any atom is 0.407 e. The molecule has 1 heterocycles. The predicted octanol–water partition coefficient (Wildman–Crippen LogP) is 7.22. The summed E-state index contributed by atoms with van der Waals surface area (Å²) in [5, 5.41) is 24.6. The van der Waals surface area contributed by atoms with Crippen LogP contribution in [0.15, 0.2) is 36.5 Å². The molecule has 0 aliphatic heterocycles. The summed E-state index contributed by atoms with van der Waals surface area (Å²) in [4.78, 5) is 30.6. The Bertz CT molecular complexity index is 1420.